The van der Waals surface area contributed by atoms with Gasteiger partial charge in [0, 0.05) is 77.1 Å². The number of nitrogens with one attached hydrogen (secondary N) is 6. The summed E-state index contributed by atoms with van der Waals surface area (Å²) in [6.07, 6.45) is 2.64. The highest BCUT2D eigenvalue weighted by molar-refractivity contribution is 6.12. The Hall–Kier alpha value is -7.80. The first-order chi connectivity index (χ1) is 40.3. The maximum absolute atomic E-state index is 14.6. The van der Waals surface area contributed by atoms with Gasteiger partial charge in [-0.2, -0.15) is 0 Å². The van der Waals surface area contributed by atoms with Crippen molar-refractivity contribution < 1.29 is 67.6 Å². The average molecular weight is 1190 g/mol. The SMILES string of the molecule is C=C(CC)[C@@H]([C@@H](CC(=O)N1CCC[C@H]1[C@H](OC)[C@@H](C)C(=O)N[C@@H](Cc1ccccc1)C(=O)O)OC)N(C)C(=O)[C@@H](NC(=O)c1ccc(NC(=O)[C@H](CCCNC(N)=O)NC(O)C(NC(=O)CCCCCN2C(=O)C=CC2=O)=C(C)C)cc1)C(C)C. The van der Waals surface area contributed by atoms with Crippen LogP contribution in [0.1, 0.15) is 122 Å². The van der Waals surface area contributed by atoms with Gasteiger partial charge in [0.25, 0.3) is 17.7 Å². The van der Waals surface area contributed by atoms with Crippen LogP contribution in [-0.4, -0.2) is 174 Å². The molecular weight excluding hydrogens is 1100 g/mol. The van der Waals surface area contributed by atoms with Crippen molar-refractivity contribution in [3.05, 3.63) is 101 Å². The van der Waals surface area contributed by atoms with Gasteiger partial charge in [-0.1, -0.05) is 82.2 Å². The third kappa shape index (κ3) is 20.7. The first kappa shape index (κ1) is 69.7. The zero-order valence-corrected chi connectivity index (χ0v) is 50.4. The highest BCUT2D eigenvalue weighted by Gasteiger charge is 2.43. The van der Waals surface area contributed by atoms with Crippen LogP contribution in [0, 0.1) is 11.8 Å². The molecule has 24 heteroatoms. The fourth-order valence-electron chi connectivity index (χ4n) is 10.4. The Morgan fingerprint density at radius 1 is 0.859 bits per heavy atom. The number of methoxy groups -OCH3 is 2. The third-order valence-corrected chi connectivity index (χ3v) is 15.3. The molecule has 24 nitrogen and oxygen atoms in total. The van der Waals surface area contributed by atoms with Crippen LogP contribution in [0.4, 0.5) is 10.5 Å². The first-order valence-electron chi connectivity index (χ1n) is 28.9. The number of aliphatic carboxylic acids is 1. The molecule has 2 aliphatic rings. The quantitative estimate of drug-likeness (QED) is 0.0206. The molecule has 0 saturated carbocycles. The normalized spacial score (nSPS) is 16.7. The number of carboxylic acid groups (broad SMARTS) is 1. The summed E-state index contributed by atoms with van der Waals surface area (Å²) in [7, 11) is 4.45. The molecular formula is C61H88N10O14. The van der Waals surface area contributed by atoms with E-state index in [-0.39, 0.29) is 79.9 Å². The fraction of sp³-hybridized carbons (Fsp3) is 0.541. The predicted octanol–water partition coefficient (Wildman–Crippen LogP) is 3.65. The van der Waals surface area contributed by atoms with Gasteiger partial charge in [0.2, 0.25) is 29.5 Å². The molecule has 0 spiro atoms. The summed E-state index contributed by atoms with van der Waals surface area (Å²) in [5.74, 6) is -6.11. The molecule has 1 unspecified atom stereocenters. The minimum absolute atomic E-state index is 0.0748. The first-order valence-corrected chi connectivity index (χ1v) is 28.9. The van der Waals surface area contributed by atoms with Gasteiger partial charge >= 0.3 is 12.0 Å². The van der Waals surface area contributed by atoms with E-state index in [0.717, 1.165) is 10.5 Å². The number of allylic oxidation sites excluding steroid dienone is 1. The number of unbranched alkanes of at least 4 members (excludes halogenated alkanes) is 2. The summed E-state index contributed by atoms with van der Waals surface area (Å²) in [5.41, 5.74) is 7.69. The van der Waals surface area contributed by atoms with Gasteiger partial charge in [0.1, 0.15) is 18.3 Å². The number of rotatable bonds is 35. The summed E-state index contributed by atoms with van der Waals surface area (Å²) >= 11 is 0. The Morgan fingerprint density at radius 2 is 1.52 bits per heavy atom. The second kappa shape index (κ2) is 34.2. The van der Waals surface area contributed by atoms with Gasteiger partial charge in [-0.15, -0.1) is 0 Å². The van der Waals surface area contributed by atoms with Gasteiger partial charge in [0.15, 0.2) is 0 Å². The van der Waals surface area contributed by atoms with E-state index in [9.17, 15) is 58.2 Å². The van der Waals surface area contributed by atoms with E-state index >= 15 is 0 Å². The predicted molar refractivity (Wildman–Crippen MR) is 318 cm³/mol. The zero-order chi connectivity index (χ0) is 63.1. The van der Waals surface area contributed by atoms with Crippen LogP contribution in [0.25, 0.3) is 0 Å². The molecule has 0 radical (unpaired) electrons. The number of carbonyl (C=O) groups excluding carboxylic acids is 9. The van der Waals surface area contributed by atoms with Crippen LogP contribution in [0.15, 0.2) is 90.2 Å². The monoisotopic (exact) mass is 1180 g/mol. The molecule has 2 heterocycles. The lowest BCUT2D eigenvalue weighted by Gasteiger charge is -2.39. The van der Waals surface area contributed by atoms with E-state index in [4.69, 9.17) is 15.2 Å². The van der Waals surface area contributed by atoms with Gasteiger partial charge < -0.3 is 61.8 Å². The lowest BCUT2D eigenvalue weighted by molar-refractivity contribution is -0.146. The van der Waals surface area contributed by atoms with Crippen molar-refractivity contribution in [2.45, 2.75) is 161 Å². The molecule has 466 valence electrons. The molecule has 4 rings (SSSR count). The number of carboxylic acids is 1. The number of hydrogen-bond donors (Lipinski definition) is 9. The van der Waals surface area contributed by atoms with Crippen molar-refractivity contribution >= 4 is 64.9 Å². The Balaban J connectivity index is 1.41. The van der Waals surface area contributed by atoms with Crippen LogP contribution in [-0.2, 0) is 54.3 Å². The molecule has 0 aliphatic carbocycles. The van der Waals surface area contributed by atoms with Crippen LogP contribution in [0.3, 0.4) is 0 Å². The zero-order valence-electron chi connectivity index (χ0n) is 50.4. The molecule has 1 saturated heterocycles. The van der Waals surface area contributed by atoms with Crippen LogP contribution >= 0.6 is 0 Å². The minimum atomic E-state index is -1.52. The van der Waals surface area contributed by atoms with Crippen LogP contribution in [0.2, 0.25) is 0 Å². The number of likely N-dealkylation sites (tertiary alicyclic amines) is 1. The Kier molecular flexibility index (Phi) is 28.1. The molecule has 10 N–H and O–H groups in total. The van der Waals surface area contributed by atoms with Gasteiger partial charge in [0.05, 0.1) is 48.4 Å². The fourth-order valence-corrected chi connectivity index (χ4v) is 10.4. The van der Waals surface area contributed by atoms with Crippen molar-refractivity contribution in [2.75, 3.05) is 46.2 Å². The molecule has 0 aromatic heterocycles. The number of amides is 10. The van der Waals surface area contributed by atoms with Gasteiger partial charge in [-0.05, 0) is 94.5 Å². The number of benzene rings is 2. The maximum Gasteiger partial charge on any atom is 0.326 e. The number of aliphatic hydroxyl groups excluding tert-OH is 1. The lowest BCUT2D eigenvalue weighted by atomic mass is 9.92. The Labute approximate surface area is 498 Å². The number of imide groups is 1. The molecule has 9 atom stereocenters. The van der Waals surface area contributed by atoms with Crippen LogP contribution < -0.4 is 37.6 Å². The third-order valence-electron chi connectivity index (χ3n) is 15.3. The maximum atomic E-state index is 14.6. The number of likely N-dealkylation sites (N-methyl/N-ethyl adjacent to an activating group) is 1. The van der Waals surface area contributed by atoms with Gasteiger partial charge in [-0.3, -0.25) is 48.6 Å². The second-order valence-corrected chi connectivity index (χ2v) is 22.0. The second-order valence-electron chi connectivity index (χ2n) is 22.0. The van der Waals surface area contributed by atoms with E-state index in [1.54, 1.807) is 70.8 Å². The number of urea groups is 1. The van der Waals surface area contributed by atoms with Crippen molar-refractivity contribution in [1.82, 2.24) is 41.3 Å². The van der Waals surface area contributed by atoms with Crippen molar-refractivity contribution in [1.29, 1.82) is 0 Å². The van der Waals surface area contributed by atoms with E-state index in [0.29, 0.717) is 56.2 Å². The molecule has 2 aromatic carbocycles. The van der Waals surface area contributed by atoms with E-state index < -0.39 is 102 Å². The number of nitrogens with two attached hydrogens (primary N) is 1. The highest BCUT2D eigenvalue weighted by atomic mass is 16.5. The van der Waals surface area contributed by atoms with E-state index in [1.807, 2.05) is 13.0 Å². The largest absolute Gasteiger partial charge is 0.480 e. The summed E-state index contributed by atoms with van der Waals surface area (Å²) < 4.78 is 11.9. The number of carbonyl (C=O) groups is 10. The van der Waals surface area contributed by atoms with Crippen LogP contribution in [0.5, 0.6) is 0 Å². The molecule has 0 bridgehead atoms. The lowest BCUT2D eigenvalue weighted by Crippen LogP contribution is -2.56. The summed E-state index contributed by atoms with van der Waals surface area (Å²) in [5, 5.41) is 37.7. The van der Waals surface area contributed by atoms with Gasteiger partial charge in [-0.25, -0.2) is 9.59 Å². The minimum Gasteiger partial charge on any atom is -0.480 e. The Morgan fingerprint density at radius 3 is 2.09 bits per heavy atom. The van der Waals surface area contributed by atoms with Crippen molar-refractivity contribution in [3.63, 3.8) is 0 Å². The topological polar surface area (TPSA) is 338 Å². The molecule has 10 amide bonds. The number of primary amides is 1. The number of ether oxygens (including phenoxy) is 2. The standard InChI is InChI=1S/C61H88N10O14/c1-11-38(6)53(46(84-9)35-50(75)70-33-19-23-45(70)54(85-10)39(7)55(76)66-44(60(81)82)34-40-20-14-12-15-21-40)69(8)59(80)52(37(4)5)68-56(77)41-25-27-42(28-26-41)64-57(78)43(22-18-31-63-61(62)83)65-58(79)51(36(2)3)67-47(72)24-16-13-17-32-71-48(73)29-30-49(71)74/h12,14-15,20-21,25-30,37,39,43-46,52-54,58,65,79H,6,11,13,16-19,22-24,31-35H2,1-5,7-10H3,(H,64,78)(H,66,76)(H,67,72)(H,68,77)(H,81,82)(H3,62,63,83)/t39-,43+,44+,45+,46-,52+,53+,54-,58?/m1/s1. The number of anilines is 1. The number of aliphatic hydroxyl groups is 1. The Bertz CT molecular complexity index is 2710. The summed E-state index contributed by atoms with van der Waals surface area (Å²) in [6, 6.07) is 9.41. The summed E-state index contributed by atoms with van der Waals surface area (Å²) in [6.45, 7) is 15.4. The average Bonchev–Trinajstić information content (AvgIpc) is 3.57. The molecule has 1 fully saturated rings. The van der Waals surface area contributed by atoms with Crippen molar-refractivity contribution in [2.24, 2.45) is 17.6 Å². The molecule has 2 aromatic rings. The number of nitrogens with zero attached hydrogens (tertiary/aromatic N) is 3. The van der Waals surface area contributed by atoms with E-state index in [2.05, 4.69) is 38.5 Å². The highest BCUT2D eigenvalue weighted by Crippen LogP contribution is 2.30. The smallest absolute Gasteiger partial charge is 0.326 e. The molecule has 2 aliphatic heterocycles. The van der Waals surface area contributed by atoms with E-state index in [1.165, 1.54) is 55.5 Å². The number of hydrogen-bond acceptors (Lipinski definition) is 14. The molecule has 85 heavy (non-hydrogen) atoms. The summed E-state index contributed by atoms with van der Waals surface area (Å²) in [4.78, 5) is 135. The van der Waals surface area contributed by atoms with Crippen molar-refractivity contribution in [3.8, 4) is 0 Å².